The molecule has 11 nitrogen and oxygen atoms in total. The first-order valence-electron chi connectivity index (χ1n) is 8.94. The fraction of sp³-hybridized carbons (Fsp3) is 0.105. The van der Waals surface area contributed by atoms with E-state index in [1.54, 1.807) is 0 Å². The predicted molar refractivity (Wildman–Crippen MR) is 112 cm³/mol. The van der Waals surface area contributed by atoms with Gasteiger partial charge in [0.2, 0.25) is 9.84 Å². The monoisotopic (exact) mass is 495 g/mol. The molecule has 0 spiro atoms. The SMILES string of the molecule is O=C(COC(=O)COc1cccc(F)c1)Nc1ncc(S(=O)(=O)c2ccc([N+](=O)[O-])cc2)s1. The molecule has 0 aliphatic heterocycles. The molecular formula is C19H14FN3O8S2. The van der Waals surface area contributed by atoms with Crippen LogP contribution in [-0.2, 0) is 24.2 Å². The molecule has 0 saturated heterocycles. The topological polar surface area (TPSA) is 155 Å². The number of nitrogens with one attached hydrogen (secondary N) is 1. The molecule has 0 atom stereocenters. The van der Waals surface area contributed by atoms with Crippen LogP contribution in [0.2, 0.25) is 0 Å². The molecule has 0 unspecified atom stereocenters. The first-order chi connectivity index (χ1) is 15.6. The quantitative estimate of drug-likeness (QED) is 0.268. The van der Waals surface area contributed by atoms with Crippen LogP contribution in [0.5, 0.6) is 5.75 Å². The number of carbonyl (C=O) groups is 2. The van der Waals surface area contributed by atoms with E-state index in [1.165, 1.54) is 18.2 Å². The molecule has 1 amide bonds. The number of anilines is 1. The van der Waals surface area contributed by atoms with Crippen LogP contribution in [0.25, 0.3) is 0 Å². The van der Waals surface area contributed by atoms with E-state index < -0.39 is 45.7 Å². The van der Waals surface area contributed by atoms with E-state index >= 15 is 0 Å². The Balaban J connectivity index is 1.52. The number of esters is 1. The Bertz CT molecular complexity index is 1290. The zero-order valence-corrected chi connectivity index (χ0v) is 18.1. The molecule has 0 bridgehead atoms. The minimum Gasteiger partial charge on any atom is -0.482 e. The van der Waals surface area contributed by atoms with Gasteiger partial charge in [0.25, 0.3) is 11.6 Å². The number of nitro groups is 1. The number of hydrogen-bond donors (Lipinski definition) is 1. The zero-order valence-electron chi connectivity index (χ0n) is 16.5. The largest absolute Gasteiger partial charge is 0.482 e. The van der Waals surface area contributed by atoms with Crippen LogP contribution in [0.1, 0.15) is 0 Å². The van der Waals surface area contributed by atoms with E-state index in [1.807, 2.05) is 0 Å². The van der Waals surface area contributed by atoms with Crippen LogP contribution >= 0.6 is 11.3 Å². The summed E-state index contributed by atoms with van der Waals surface area (Å²) < 4.78 is 47.9. The summed E-state index contributed by atoms with van der Waals surface area (Å²) in [5.41, 5.74) is -0.262. The molecule has 1 aromatic heterocycles. The van der Waals surface area contributed by atoms with Crippen molar-refractivity contribution in [1.29, 1.82) is 0 Å². The fourth-order valence-electron chi connectivity index (χ4n) is 2.35. The van der Waals surface area contributed by atoms with E-state index in [2.05, 4.69) is 10.3 Å². The normalized spacial score (nSPS) is 10.9. The van der Waals surface area contributed by atoms with Crippen molar-refractivity contribution in [3.8, 4) is 5.75 Å². The molecule has 1 heterocycles. The third kappa shape index (κ3) is 6.30. The number of rotatable bonds is 9. The van der Waals surface area contributed by atoms with E-state index in [0.717, 1.165) is 36.5 Å². The first-order valence-corrected chi connectivity index (χ1v) is 11.2. The summed E-state index contributed by atoms with van der Waals surface area (Å²) in [7, 11) is -4.01. The lowest BCUT2D eigenvalue weighted by atomic mass is 10.3. The Morgan fingerprint density at radius 1 is 1.15 bits per heavy atom. The van der Waals surface area contributed by atoms with Crippen molar-refractivity contribution in [2.45, 2.75) is 9.10 Å². The maximum Gasteiger partial charge on any atom is 0.344 e. The number of benzene rings is 2. The number of halogens is 1. The number of amides is 1. The van der Waals surface area contributed by atoms with Crippen molar-refractivity contribution in [2.75, 3.05) is 18.5 Å². The molecular weight excluding hydrogens is 481 g/mol. The predicted octanol–water partition coefficient (Wildman–Crippen LogP) is 2.58. The molecule has 0 saturated carbocycles. The van der Waals surface area contributed by atoms with Crippen molar-refractivity contribution in [3.63, 3.8) is 0 Å². The summed E-state index contributed by atoms with van der Waals surface area (Å²) in [6, 6.07) is 9.42. The number of sulfone groups is 1. The lowest BCUT2D eigenvalue weighted by Gasteiger charge is -2.07. The van der Waals surface area contributed by atoms with Gasteiger partial charge in [0.1, 0.15) is 15.8 Å². The van der Waals surface area contributed by atoms with Crippen LogP contribution < -0.4 is 10.1 Å². The molecule has 3 aromatic rings. The van der Waals surface area contributed by atoms with Gasteiger partial charge in [-0.05, 0) is 24.3 Å². The summed E-state index contributed by atoms with van der Waals surface area (Å²) in [5.74, 6) is -2.09. The van der Waals surface area contributed by atoms with Crippen LogP contribution in [-0.4, -0.2) is 43.4 Å². The Hall–Kier alpha value is -3.91. The van der Waals surface area contributed by atoms with E-state index in [0.29, 0.717) is 11.3 Å². The number of non-ortho nitro benzene ring substituents is 1. The highest BCUT2D eigenvalue weighted by atomic mass is 32.2. The van der Waals surface area contributed by atoms with Crippen LogP contribution in [0.15, 0.2) is 63.8 Å². The molecule has 3 rings (SSSR count). The number of hydrogen-bond acceptors (Lipinski definition) is 10. The standard InChI is InChI=1S/C19H14FN3O8S2/c20-12-2-1-3-14(8-12)30-11-17(25)31-10-16(24)22-19-21-9-18(32-19)33(28,29)15-6-4-13(5-7-15)23(26)27/h1-9H,10-11H2,(H,21,22,24). The highest BCUT2D eigenvalue weighted by molar-refractivity contribution is 7.93. The Morgan fingerprint density at radius 2 is 1.88 bits per heavy atom. The molecule has 14 heteroatoms. The number of nitrogens with zero attached hydrogens (tertiary/aromatic N) is 2. The molecule has 1 N–H and O–H groups in total. The van der Waals surface area contributed by atoms with Gasteiger partial charge in [-0.1, -0.05) is 17.4 Å². The van der Waals surface area contributed by atoms with Gasteiger partial charge in [-0.25, -0.2) is 22.6 Å². The van der Waals surface area contributed by atoms with Gasteiger partial charge in [-0.2, -0.15) is 0 Å². The highest BCUT2D eigenvalue weighted by Crippen LogP contribution is 2.29. The second kappa shape index (κ2) is 10.1. The maximum absolute atomic E-state index is 13.1. The Kier molecular flexibility index (Phi) is 7.30. The van der Waals surface area contributed by atoms with Gasteiger partial charge in [0.05, 0.1) is 16.0 Å². The average molecular weight is 495 g/mol. The molecule has 2 aromatic carbocycles. The average Bonchev–Trinajstić information content (AvgIpc) is 3.25. The zero-order chi connectivity index (χ0) is 24.0. The van der Waals surface area contributed by atoms with Gasteiger partial charge >= 0.3 is 5.97 Å². The summed E-state index contributed by atoms with van der Waals surface area (Å²) in [6.07, 6.45) is 1.02. The minimum absolute atomic E-state index is 0.0625. The molecule has 0 aliphatic rings. The third-order valence-corrected chi connectivity index (χ3v) is 7.01. The summed E-state index contributed by atoms with van der Waals surface area (Å²) in [4.78, 5) is 37.3. The first kappa shape index (κ1) is 23.7. The summed E-state index contributed by atoms with van der Waals surface area (Å²) in [6.45, 7) is -1.24. The lowest BCUT2D eigenvalue weighted by molar-refractivity contribution is -0.384. The lowest BCUT2D eigenvalue weighted by Crippen LogP contribution is -2.23. The second-order valence-electron chi connectivity index (χ2n) is 6.19. The van der Waals surface area contributed by atoms with E-state index in [-0.39, 0.29) is 25.7 Å². The van der Waals surface area contributed by atoms with Gasteiger partial charge in [0.15, 0.2) is 18.3 Å². The summed E-state index contributed by atoms with van der Waals surface area (Å²) >= 11 is 0.651. The van der Waals surface area contributed by atoms with E-state index in [4.69, 9.17) is 9.47 Å². The number of aromatic nitrogens is 1. The maximum atomic E-state index is 13.1. The molecule has 33 heavy (non-hydrogen) atoms. The molecule has 0 aliphatic carbocycles. The van der Waals surface area contributed by atoms with Crippen molar-refractivity contribution in [2.24, 2.45) is 0 Å². The second-order valence-corrected chi connectivity index (χ2v) is 9.40. The van der Waals surface area contributed by atoms with Gasteiger partial charge in [-0.15, -0.1) is 0 Å². The van der Waals surface area contributed by atoms with Gasteiger partial charge in [0, 0.05) is 18.2 Å². The number of nitro benzene ring substituents is 1. The fourth-order valence-corrected chi connectivity index (χ4v) is 4.80. The van der Waals surface area contributed by atoms with Crippen LogP contribution in [0.4, 0.5) is 15.2 Å². The van der Waals surface area contributed by atoms with Crippen LogP contribution in [0.3, 0.4) is 0 Å². The van der Waals surface area contributed by atoms with Crippen molar-refractivity contribution in [3.05, 3.63) is 70.7 Å². The smallest absolute Gasteiger partial charge is 0.344 e. The van der Waals surface area contributed by atoms with Crippen molar-refractivity contribution >= 4 is 43.9 Å². The van der Waals surface area contributed by atoms with Crippen LogP contribution in [0, 0.1) is 15.9 Å². The third-order valence-electron chi connectivity index (χ3n) is 3.87. The van der Waals surface area contributed by atoms with Crippen molar-refractivity contribution in [1.82, 2.24) is 4.98 Å². The highest BCUT2D eigenvalue weighted by Gasteiger charge is 2.22. The van der Waals surface area contributed by atoms with Gasteiger partial charge in [-0.3, -0.25) is 20.2 Å². The Morgan fingerprint density at radius 3 is 2.55 bits per heavy atom. The number of carbonyl (C=O) groups excluding carboxylic acids is 2. The minimum atomic E-state index is -4.01. The number of ether oxygens (including phenoxy) is 2. The number of thiazole rings is 1. The molecule has 172 valence electrons. The molecule has 0 fully saturated rings. The van der Waals surface area contributed by atoms with E-state index in [9.17, 15) is 32.5 Å². The van der Waals surface area contributed by atoms with Crippen molar-refractivity contribution < 1.29 is 36.8 Å². The van der Waals surface area contributed by atoms with Gasteiger partial charge < -0.3 is 9.47 Å². The molecule has 0 radical (unpaired) electrons. The Labute approximate surface area is 189 Å². The summed E-state index contributed by atoms with van der Waals surface area (Å²) in [5, 5.41) is 12.9.